The first-order chi connectivity index (χ1) is 15.2. The molecule has 0 amide bonds. The van der Waals surface area contributed by atoms with Crippen molar-refractivity contribution in [2.45, 2.75) is 45.4 Å². The second-order valence-corrected chi connectivity index (χ2v) is 8.98. The molecule has 4 aliphatic rings. The lowest BCUT2D eigenvalue weighted by atomic mass is 9.87. The molecule has 0 radical (unpaired) electrons. The van der Waals surface area contributed by atoms with Crippen LogP contribution in [0, 0.1) is 0 Å². The maximum atomic E-state index is 4.64. The lowest BCUT2D eigenvalue weighted by Crippen LogP contribution is -2.04. The number of aryl methyl sites for hydroxylation is 4. The van der Waals surface area contributed by atoms with E-state index in [1.807, 2.05) is 6.20 Å². The lowest BCUT2D eigenvalue weighted by molar-refractivity contribution is 0.819. The van der Waals surface area contributed by atoms with E-state index in [-0.39, 0.29) is 0 Å². The van der Waals surface area contributed by atoms with Crippen molar-refractivity contribution < 1.29 is 0 Å². The minimum Gasteiger partial charge on any atom is -0.256 e. The molecule has 0 fully saturated rings. The normalized spacial score (nSPS) is 13.3. The molecule has 8 rings (SSSR count). The van der Waals surface area contributed by atoms with Crippen molar-refractivity contribution in [2.24, 2.45) is 0 Å². The Kier molecular flexibility index (Phi) is 5.42. The largest absolute Gasteiger partial charge is 0.256 e. The summed E-state index contributed by atoms with van der Waals surface area (Å²) in [5.41, 5.74) is 12.1. The predicted octanol–water partition coefficient (Wildman–Crippen LogP) is 7.42. The summed E-state index contributed by atoms with van der Waals surface area (Å²) in [4.78, 5) is 4.64. The standard InChI is InChI=1S/C30H29N/c1-21(2)28-18-22-8-12-24(28)13-9-23-11-15-25(14-10-22)29(19-23)27-16-17-31-30(20-27)26-6-4-3-5-7-26/h3-8,11-12,15-21H,9-10,13-14H2,1-2H3. The topological polar surface area (TPSA) is 12.9 Å². The summed E-state index contributed by atoms with van der Waals surface area (Å²) in [6.07, 6.45) is 6.24. The summed E-state index contributed by atoms with van der Waals surface area (Å²) >= 11 is 0. The van der Waals surface area contributed by atoms with Crippen LogP contribution in [0.15, 0.2) is 85.1 Å². The van der Waals surface area contributed by atoms with Crippen LogP contribution in [0.4, 0.5) is 0 Å². The third-order valence-corrected chi connectivity index (χ3v) is 6.51. The van der Waals surface area contributed by atoms with Gasteiger partial charge in [0.05, 0.1) is 5.69 Å². The second-order valence-electron chi connectivity index (χ2n) is 8.98. The van der Waals surface area contributed by atoms with E-state index < -0.39 is 0 Å². The number of aromatic nitrogens is 1. The van der Waals surface area contributed by atoms with Crippen molar-refractivity contribution in [3.63, 3.8) is 0 Å². The maximum Gasteiger partial charge on any atom is 0.0708 e. The van der Waals surface area contributed by atoms with Crippen LogP contribution < -0.4 is 0 Å². The molecule has 0 saturated carbocycles. The molecule has 1 heterocycles. The molecule has 4 aromatic rings. The van der Waals surface area contributed by atoms with Crippen LogP contribution in [0.25, 0.3) is 22.4 Å². The van der Waals surface area contributed by atoms with Crippen molar-refractivity contribution in [1.29, 1.82) is 0 Å². The van der Waals surface area contributed by atoms with Crippen molar-refractivity contribution >= 4 is 0 Å². The van der Waals surface area contributed by atoms with E-state index in [2.05, 4.69) is 97.7 Å². The van der Waals surface area contributed by atoms with E-state index in [0.717, 1.165) is 36.9 Å². The van der Waals surface area contributed by atoms with Crippen LogP contribution >= 0.6 is 0 Å². The van der Waals surface area contributed by atoms with Crippen LogP contribution in [0.1, 0.15) is 47.6 Å². The Morgan fingerprint density at radius 1 is 0.645 bits per heavy atom. The Morgan fingerprint density at radius 2 is 1.35 bits per heavy atom. The van der Waals surface area contributed by atoms with Gasteiger partial charge in [0.1, 0.15) is 0 Å². The molecule has 0 spiro atoms. The number of rotatable bonds is 3. The number of benzene rings is 3. The fourth-order valence-electron chi connectivity index (χ4n) is 4.75. The van der Waals surface area contributed by atoms with Gasteiger partial charge < -0.3 is 0 Å². The lowest BCUT2D eigenvalue weighted by Gasteiger charge is -2.18. The monoisotopic (exact) mass is 403 g/mol. The molecule has 3 aromatic carbocycles. The van der Waals surface area contributed by atoms with Gasteiger partial charge in [-0.15, -0.1) is 0 Å². The van der Waals surface area contributed by atoms with E-state index in [9.17, 15) is 0 Å². The van der Waals surface area contributed by atoms with Crippen LogP contribution in [0.3, 0.4) is 0 Å². The fourth-order valence-corrected chi connectivity index (χ4v) is 4.75. The summed E-state index contributed by atoms with van der Waals surface area (Å²) in [7, 11) is 0. The molecule has 4 bridgehead atoms. The zero-order chi connectivity index (χ0) is 21.2. The molecule has 154 valence electrons. The first-order valence-corrected chi connectivity index (χ1v) is 11.4. The smallest absolute Gasteiger partial charge is 0.0708 e. The van der Waals surface area contributed by atoms with E-state index in [1.54, 1.807) is 0 Å². The zero-order valence-corrected chi connectivity index (χ0v) is 18.4. The summed E-state index contributed by atoms with van der Waals surface area (Å²) < 4.78 is 0. The minimum absolute atomic E-state index is 0.572. The highest BCUT2D eigenvalue weighted by atomic mass is 14.7. The quantitative estimate of drug-likeness (QED) is 0.347. The summed E-state index contributed by atoms with van der Waals surface area (Å²) in [6.45, 7) is 4.63. The van der Waals surface area contributed by atoms with E-state index in [4.69, 9.17) is 0 Å². The number of nitrogens with zero attached hydrogens (tertiary/aromatic N) is 1. The average Bonchev–Trinajstić information content (AvgIpc) is 2.81. The molecule has 0 unspecified atom stereocenters. The molecule has 0 N–H and O–H groups in total. The highest BCUT2D eigenvalue weighted by Gasteiger charge is 2.14. The average molecular weight is 404 g/mol. The number of pyridine rings is 1. The molecule has 31 heavy (non-hydrogen) atoms. The van der Waals surface area contributed by atoms with Crippen molar-refractivity contribution in [3.8, 4) is 22.4 Å². The molecule has 4 aliphatic carbocycles. The number of hydrogen-bond donors (Lipinski definition) is 0. The SMILES string of the molecule is CC(C)c1cc2ccc1CCc1ccc(c(-c3ccnc(-c4ccccc4)c3)c1)CC2. The van der Waals surface area contributed by atoms with Gasteiger partial charge in [-0.05, 0) is 82.7 Å². The van der Waals surface area contributed by atoms with E-state index in [0.29, 0.717) is 5.92 Å². The molecular formula is C30H29N. The van der Waals surface area contributed by atoms with Gasteiger partial charge in [-0.1, -0.05) is 80.6 Å². The third-order valence-electron chi connectivity index (χ3n) is 6.51. The first-order valence-electron chi connectivity index (χ1n) is 11.4. The molecule has 1 aromatic heterocycles. The molecule has 0 atom stereocenters. The van der Waals surface area contributed by atoms with Crippen molar-refractivity contribution in [1.82, 2.24) is 4.98 Å². The maximum absolute atomic E-state index is 4.64. The summed E-state index contributed by atoms with van der Waals surface area (Å²) in [6, 6.07) is 29.1. The minimum atomic E-state index is 0.572. The van der Waals surface area contributed by atoms with E-state index >= 15 is 0 Å². The van der Waals surface area contributed by atoms with Gasteiger partial charge >= 0.3 is 0 Å². The Hall–Kier alpha value is -3.19. The third kappa shape index (κ3) is 4.18. The first kappa shape index (κ1) is 19.8. The Labute approximate surface area is 185 Å². The molecular weight excluding hydrogens is 374 g/mol. The molecule has 0 aliphatic heterocycles. The van der Waals surface area contributed by atoms with E-state index in [1.165, 1.54) is 38.9 Å². The summed E-state index contributed by atoms with van der Waals surface area (Å²) in [5.74, 6) is 0.572. The molecule has 0 saturated heterocycles. The fraction of sp³-hybridized carbons (Fsp3) is 0.233. The highest BCUT2D eigenvalue weighted by molar-refractivity contribution is 5.73. The molecule has 1 heteroatoms. The van der Waals surface area contributed by atoms with Gasteiger partial charge in [-0.25, -0.2) is 0 Å². The number of hydrogen-bond acceptors (Lipinski definition) is 1. The van der Waals surface area contributed by atoms with Crippen LogP contribution in [-0.2, 0) is 25.7 Å². The van der Waals surface area contributed by atoms with Crippen LogP contribution in [0.5, 0.6) is 0 Å². The van der Waals surface area contributed by atoms with Gasteiger partial charge in [0, 0.05) is 11.8 Å². The van der Waals surface area contributed by atoms with Gasteiger partial charge in [0.15, 0.2) is 0 Å². The van der Waals surface area contributed by atoms with Crippen molar-refractivity contribution in [2.75, 3.05) is 0 Å². The second kappa shape index (κ2) is 8.51. The molecule has 1 nitrogen and oxygen atoms in total. The van der Waals surface area contributed by atoms with Gasteiger partial charge in [0.25, 0.3) is 0 Å². The van der Waals surface area contributed by atoms with Crippen LogP contribution in [-0.4, -0.2) is 4.98 Å². The highest BCUT2D eigenvalue weighted by Crippen LogP contribution is 2.31. The Balaban J connectivity index is 1.55. The zero-order valence-electron chi connectivity index (χ0n) is 18.4. The van der Waals surface area contributed by atoms with Gasteiger partial charge in [0.2, 0.25) is 0 Å². The Morgan fingerprint density at radius 3 is 2.13 bits per heavy atom. The summed E-state index contributed by atoms with van der Waals surface area (Å²) in [5, 5.41) is 0. The van der Waals surface area contributed by atoms with Crippen molar-refractivity contribution in [3.05, 3.63) is 113 Å². The van der Waals surface area contributed by atoms with Crippen LogP contribution in [0.2, 0.25) is 0 Å². The Bertz CT molecular complexity index is 1200. The van der Waals surface area contributed by atoms with Gasteiger partial charge in [-0.2, -0.15) is 0 Å². The van der Waals surface area contributed by atoms with Gasteiger partial charge in [-0.3, -0.25) is 4.98 Å². The predicted molar refractivity (Wildman–Crippen MR) is 130 cm³/mol.